The molecule has 34 heavy (non-hydrogen) atoms. The largest absolute Gasteiger partial charge is 0.423 e. The second-order valence-corrected chi connectivity index (χ2v) is 8.41. The summed E-state index contributed by atoms with van der Waals surface area (Å²) in [5, 5.41) is 2.74. The molecule has 3 aromatic carbocycles. The van der Waals surface area contributed by atoms with Gasteiger partial charge >= 0.3 is 5.97 Å². The third kappa shape index (κ3) is 4.58. The summed E-state index contributed by atoms with van der Waals surface area (Å²) in [5.41, 5.74) is 4.21. The Kier molecular flexibility index (Phi) is 6.52. The van der Waals surface area contributed by atoms with Crippen molar-refractivity contribution in [2.75, 3.05) is 10.2 Å². The molecule has 3 aromatic rings. The average Bonchev–Trinajstić information content (AvgIpc) is 3.01. The van der Waals surface area contributed by atoms with Crippen molar-refractivity contribution in [2.24, 2.45) is 0 Å². The van der Waals surface area contributed by atoms with E-state index < -0.39 is 17.8 Å². The maximum Gasteiger partial charge on any atom is 0.343 e. The van der Waals surface area contributed by atoms with Crippen LogP contribution in [0.2, 0.25) is 0 Å². The van der Waals surface area contributed by atoms with E-state index in [4.69, 9.17) is 16.3 Å². The van der Waals surface area contributed by atoms with Crippen molar-refractivity contribution in [3.63, 3.8) is 0 Å². The van der Waals surface area contributed by atoms with E-state index in [-0.39, 0.29) is 10.7 Å². The van der Waals surface area contributed by atoms with Crippen LogP contribution >= 0.6 is 11.6 Å². The molecule has 1 aliphatic heterocycles. The van der Waals surface area contributed by atoms with E-state index in [1.807, 2.05) is 39.0 Å². The molecule has 0 saturated carbocycles. The van der Waals surface area contributed by atoms with Crippen LogP contribution in [0.25, 0.3) is 0 Å². The highest BCUT2D eigenvalue weighted by atomic mass is 35.5. The number of nitrogens with one attached hydrogen (secondary N) is 1. The summed E-state index contributed by atoms with van der Waals surface area (Å²) >= 11 is 6.24. The van der Waals surface area contributed by atoms with Gasteiger partial charge in [0.05, 0.1) is 11.3 Å². The molecule has 6 nitrogen and oxygen atoms in total. The van der Waals surface area contributed by atoms with E-state index in [1.165, 1.54) is 0 Å². The first kappa shape index (κ1) is 23.3. The van der Waals surface area contributed by atoms with Gasteiger partial charge in [0.25, 0.3) is 11.8 Å². The summed E-state index contributed by atoms with van der Waals surface area (Å²) < 4.78 is 5.47. The number of esters is 1. The minimum atomic E-state index is -0.580. The molecule has 1 aliphatic rings. The lowest BCUT2D eigenvalue weighted by Crippen LogP contribution is -2.33. The zero-order valence-corrected chi connectivity index (χ0v) is 19.8. The fourth-order valence-electron chi connectivity index (χ4n) is 3.85. The summed E-state index contributed by atoms with van der Waals surface area (Å²) in [6, 6.07) is 19.2. The quantitative estimate of drug-likeness (QED) is 0.289. The lowest BCUT2D eigenvalue weighted by atomic mass is 10.1. The predicted octanol–water partition coefficient (Wildman–Crippen LogP) is 5.52. The first-order valence-corrected chi connectivity index (χ1v) is 11.2. The van der Waals surface area contributed by atoms with E-state index in [2.05, 4.69) is 5.32 Å². The molecule has 7 heteroatoms. The first-order valence-electron chi connectivity index (χ1n) is 10.8. The van der Waals surface area contributed by atoms with Gasteiger partial charge in [-0.3, -0.25) is 9.59 Å². The van der Waals surface area contributed by atoms with Crippen LogP contribution in [-0.4, -0.2) is 17.8 Å². The van der Waals surface area contributed by atoms with Gasteiger partial charge in [-0.25, -0.2) is 9.69 Å². The lowest BCUT2D eigenvalue weighted by Gasteiger charge is -2.18. The molecule has 0 aromatic heterocycles. The molecular weight excluding hydrogens is 452 g/mol. The number of benzene rings is 3. The van der Waals surface area contributed by atoms with Crippen LogP contribution in [0.1, 0.15) is 34.0 Å². The summed E-state index contributed by atoms with van der Waals surface area (Å²) in [7, 11) is 0. The average molecular weight is 475 g/mol. The Hall–Kier alpha value is -3.90. The van der Waals surface area contributed by atoms with Crippen molar-refractivity contribution >= 4 is 40.8 Å². The monoisotopic (exact) mass is 474 g/mol. The van der Waals surface area contributed by atoms with Gasteiger partial charge in [0.2, 0.25) is 0 Å². The van der Waals surface area contributed by atoms with Crippen molar-refractivity contribution in [1.29, 1.82) is 0 Å². The number of imide groups is 1. The SMILES string of the molecule is CCc1ccccc1N1C(=O)C(Cl)=C(Nc2ccc(C(=O)Oc3cc(C)cc(C)c3)cc2)C1=O. The van der Waals surface area contributed by atoms with E-state index in [9.17, 15) is 14.4 Å². The van der Waals surface area contributed by atoms with Gasteiger partial charge in [-0.05, 0) is 79.4 Å². The number of hydrogen-bond acceptors (Lipinski definition) is 5. The molecule has 2 amide bonds. The van der Waals surface area contributed by atoms with Crippen LogP contribution in [0.5, 0.6) is 5.75 Å². The molecule has 0 radical (unpaired) electrons. The minimum absolute atomic E-state index is 0.0110. The highest BCUT2D eigenvalue weighted by Gasteiger charge is 2.39. The van der Waals surface area contributed by atoms with Gasteiger partial charge in [0.1, 0.15) is 16.5 Å². The number of para-hydroxylation sites is 1. The number of amides is 2. The Bertz CT molecular complexity index is 1310. The van der Waals surface area contributed by atoms with Crippen LogP contribution in [-0.2, 0) is 16.0 Å². The summed E-state index contributed by atoms with van der Waals surface area (Å²) in [6.07, 6.45) is 0.660. The summed E-state index contributed by atoms with van der Waals surface area (Å²) in [5.74, 6) is -1.13. The molecule has 0 bridgehead atoms. The second kappa shape index (κ2) is 9.53. The van der Waals surface area contributed by atoms with Crippen molar-refractivity contribution in [3.05, 3.63) is 99.7 Å². The van der Waals surface area contributed by atoms with Gasteiger partial charge in [-0.1, -0.05) is 42.8 Å². The smallest absolute Gasteiger partial charge is 0.343 e. The number of aryl methyl sites for hydroxylation is 3. The summed E-state index contributed by atoms with van der Waals surface area (Å²) in [4.78, 5) is 39.4. The predicted molar refractivity (Wildman–Crippen MR) is 132 cm³/mol. The normalized spacial score (nSPS) is 13.5. The maximum absolute atomic E-state index is 13.1. The van der Waals surface area contributed by atoms with Crippen LogP contribution in [0.4, 0.5) is 11.4 Å². The second-order valence-electron chi connectivity index (χ2n) is 8.03. The summed E-state index contributed by atoms with van der Waals surface area (Å²) in [6.45, 7) is 5.81. The molecule has 0 fully saturated rings. The molecule has 4 rings (SSSR count). The van der Waals surface area contributed by atoms with Crippen LogP contribution in [0.3, 0.4) is 0 Å². The number of rotatable bonds is 6. The molecule has 1 heterocycles. The van der Waals surface area contributed by atoms with Crippen molar-refractivity contribution in [1.82, 2.24) is 0 Å². The highest BCUT2D eigenvalue weighted by molar-refractivity contribution is 6.53. The zero-order valence-electron chi connectivity index (χ0n) is 19.0. The van der Waals surface area contributed by atoms with Crippen molar-refractivity contribution in [3.8, 4) is 5.75 Å². The van der Waals surface area contributed by atoms with Gasteiger partial charge in [-0.2, -0.15) is 0 Å². The van der Waals surface area contributed by atoms with E-state index in [1.54, 1.807) is 48.5 Å². The molecule has 0 unspecified atom stereocenters. The lowest BCUT2D eigenvalue weighted by molar-refractivity contribution is -0.120. The van der Waals surface area contributed by atoms with Crippen molar-refractivity contribution < 1.29 is 19.1 Å². The first-order chi connectivity index (χ1) is 16.3. The minimum Gasteiger partial charge on any atom is -0.423 e. The Morgan fingerprint density at radius 3 is 2.24 bits per heavy atom. The van der Waals surface area contributed by atoms with Gasteiger partial charge < -0.3 is 10.1 Å². The number of ether oxygens (including phenoxy) is 1. The fraction of sp³-hybridized carbons (Fsp3) is 0.148. The fourth-order valence-corrected chi connectivity index (χ4v) is 4.06. The molecule has 172 valence electrons. The Balaban J connectivity index is 1.50. The Morgan fingerprint density at radius 1 is 0.941 bits per heavy atom. The number of anilines is 2. The zero-order chi connectivity index (χ0) is 24.4. The molecular formula is C27H23ClN2O4. The van der Waals surface area contributed by atoms with Gasteiger partial charge in [0, 0.05) is 5.69 Å². The van der Waals surface area contributed by atoms with Crippen molar-refractivity contribution in [2.45, 2.75) is 27.2 Å². The number of nitrogens with zero attached hydrogens (tertiary/aromatic N) is 1. The van der Waals surface area contributed by atoms with Crippen LogP contribution in [0.15, 0.2) is 77.5 Å². The van der Waals surface area contributed by atoms with Gasteiger partial charge in [-0.15, -0.1) is 0 Å². The van der Waals surface area contributed by atoms with E-state index in [0.717, 1.165) is 21.6 Å². The maximum atomic E-state index is 13.1. The Labute approximate surface area is 202 Å². The highest BCUT2D eigenvalue weighted by Crippen LogP contribution is 2.32. The number of carbonyl (C=O) groups excluding carboxylic acids is 3. The number of carbonyl (C=O) groups is 3. The number of halogens is 1. The van der Waals surface area contributed by atoms with Gasteiger partial charge in [0.15, 0.2) is 0 Å². The van der Waals surface area contributed by atoms with Crippen LogP contribution in [0, 0.1) is 13.8 Å². The molecule has 1 N–H and O–H groups in total. The molecule has 0 atom stereocenters. The molecule has 0 aliphatic carbocycles. The van der Waals surface area contributed by atoms with Crippen LogP contribution < -0.4 is 15.0 Å². The molecule has 0 saturated heterocycles. The third-order valence-electron chi connectivity index (χ3n) is 5.44. The van der Waals surface area contributed by atoms with E-state index >= 15 is 0 Å². The molecule has 0 spiro atoms. The van der Waals surface area contributed by atoms with E-state index in [0.29, 0.717) is 29.1 Å². The Morgan fingerprint density at radius 2 is 1.59 bits per heavy atom. The standard InChI is InChI=1S/C27H23ClN2O4/c1-4-18-7-5-6-8-22(18)30-25(31)23(28)24(26(30)32)29-20-11-9-19(10-12-20)27(33)34-21-14-16(2)13-17(3)15-21/h5-15,29H,4H2,1-3H3. The number of hydrogen-bond donors (Lipinski definition) is 1. The topological polar surface area (TPSA) is 75.7 Å². The third-order valence-corrected chi connectivity index (χ3v) is 5.79.